The van der Waals surface area contributed by atoms with E-state index in [2.05, 4.69) is 31.1 Å². The summed E-state index contributed by atoms with van der Waals surface area (Å²) in [5.74, 6) is 0.459. The average Bonchev–Trinajstić information content (AvgIpc) is 3.43. The minimum Gasteiger partial charge on any atom is -0.452 e. The zero-order valence-electron chi connectivity index (χ0n) is 14.8. The van der Waals surface area contributed by atoms with Gasteiger partial charge in [0.1, 0.15) is 0 Å². The largest absolute Gasteiger partial charge is 0.452 e. The highest BCUT2D eigenvalue weighted by Crippen LogP contribution is 2.30. The normalized spacial score (nSPS) is 13.6. The molecule has 0 bridgehead atoms. The van der Waals surface area contributed by atoms with Gasteiger partial charge in [-0.1, -0.05) is 0 Å². The summed E-state index contributed by atoms with van der Waals surface area (Å²) in [6.07, 6.45) is 4.49. The predicted molar refractivity (Wildman–Crippen MR) is 104 cm³/mol. The number of furan rings is 1. The van der Waals surface area contributed by atoms with E-state index in [1.165, 1.54) is 24.1 Å². The molecular weight excluding hydrogens is 426 g/mol. The molecule has 1 aliphatic rings. The maximum atomic E-state index is 12.5. The summed E-state index contributed by atoms with van der Waals surface area (Å²) in [5.41, 5.74) is 4.18. The molecule has 1 aliphatic carbocycles. The van der Waals surface area contributed by atoms with Crippen LogP contribution in [0.2, 0.25) is 0 Å². The van der Waals surface area contributed by atoms with Crippen LogP contribution in [-0.2, 0) is 24.2 Å². The summed E-state index contributed by atoms with van der Waals surface area (Å²) >= 11 is 3.22. The third-order valence-electron chi connectivity index (χ3n) is 4.91. The van der Waals surface area contributed by atoms with Crippen molar-refractivity contribution in [3.8, 4) is 11.7 Å². The highest BCUT2D eigenvalue weighted by Gasteiger charge is 2.18. The minimum atomic E-state index is -0.423. The van der Waals surface area contributed by atoms with Gasteiger partial charge in [-0.3, -0.25) is 0 Å². The van der Waals surface area contributed by atoms with Crippen molar-refractivity contribution in [3.05, 3.63) is 57.7 Å². The van der Waals surface area contributed by atoms with E-state index in [1.54, 1.807) is 18.2 Å². The Morgan fingerprint density at radius 3 is 2.89 bits per heavy atom. The summed E-state index contributed by atoms with van der Waals surface area (Å²) in [5, 5.41) is 8.90. The molecule has 0 spiro atoms. The monoisotopic (exact) mass is 441 g/mol. The van der Waals surface area contributed by atoms with Crippen LogP contribution in [0.4, 0.5) is 0 Å². The highest BCUT2D eigenvalue weighted by molar-refractivity contribution is 9.10. The van der Waals surface area contributed by atoms with Crippen molar-refractivity contribution in [2.45, 2.75) is 32.3 Å². The van der Waals surface area contributed by atoms with E-state index in [0.29, 0.717) is 16.0 Å². The zero-order valence-corrected chi connectivity index (χ0v) is 16.4. The van der Waals surface area contributed by atoms with E-state index in [-0.39, 0.29) is 18.4 Å². The van der Waals surface area contributed by atoms with Crippen LogP contribution in [0.5, 0.6) is 0 Å². The Labute approximate surface area is 168 Å². The van der Waals surface area contributed by atoms with Crippen molar-refractivity contribution >= 4 is 32.8 Å². The molecule has 0 saturated carbocycles. The van der Waals surface area contributed by atoms with Crippen molar-refractivity contribution in [3.63, 3.8) is 0 Å². The number of carbonyl (C=O) groups excluding carboxylic acids is 1. The number of aryl methyl sites for hydroxylation is 2. The van der Waals surface area contributed by atoms with Crippen LogP contribution in [0.25, 0.3) is 22.6 Å². The van der Waals surface area contributed by atoms with Gasteiger partial charge in [0.25, 0.3) is 11.8 Å². The third kappa shape index (κ3) is 3.13. The molecule has 0 amide bonds. The Morgan fingerprint density at radius 1 is 1.14 bits per heavy atom. The average molecular weight is 442 g/mol. The number of nitrogens with zero attached hydrogens (tertiary/aromatic N) is 2. The van der Waals surface area contributed by atoms with Crippen LogP contribution in [0.15, 0.2) is 43.8 Å². The number of nitrogens with one attached hydrogen (secondary N) is 1. The molecule has 0 radical (unpaired) electrons. The molecule has 7 nitrogen and oxygen atoms in total. The first-order valence-electron chi connectivity index (χ1n) is 9.06. The smallest absolute Gasteiger partial charge is 0.338 e. The van der Waals surface area contributed by atoms with E-state index in [1.807, 2.05) is 12.1 Å². The standard InChI is InChI=1S/C20H16BrN3O4/c21-17-8-7-16(27-17)19-24-23-18(28-19)10-26-20(25)11-5-6-15-13(9-11)12-3-1-2-4-14(12)22-15/h5-9,22H,1-4,10H2. The SMILES string of the molecule is O=C(OCc1nnc(-c2ccc(Br)o2)o1)c1ccc2[nH]c3c(c2c1)CCCC3. The number of aromatic amines is 1. The van der Waals surface area contributed by atoms with Gasteiger partial charge in [0.05, 0.1) is 5.56 Å². The number of hydrogen-bond donors (Lipinski definition) is 1. The van der Waals surface area contributed by atoms with Gasteiger partial charge in [-0.2, -0.15) is 0 Å². The summed E-state index contributed by atoms with van der Waals surface area (Å²) in [4.78, 5) is 15.9. The lowest BCUT2D eigenvalue weighted by atomic mass is 9.95. The van der Waals surface area contributed by atoms with E-state index in [4.69, 9.17) is 13.6 Å². The number of H-pyrrole nitrogens is 1. The van der Waals surface area contributed by atoms with Crippen molar-refractivity contribution in [1.82, 2.24) is 15.2 Å². The fourth-order valence-electron chi connectivity index (χ4n) is 3.58. The number of hydrogen-bond acceptors (Lipinski definition) is 6. The Balaban J connectivity index is 1.31. The number of aromatic nitrogens is 3. The van der Waals surface area contributed by atoms with Crippen LogP contribution in [0, 0.1) is 0 Å². The van der Waals surface area contributed by atoms with Gasteiger partial charge in [-0.25, -0.2) is 4.79 Å². The molecule has 0 unspecified atom stereocenters. The predicted octanol–water partition coefficient (Wildman–Crippen LogP) is 4.81. The number of benzene rings is 1. The Morgan fingerprint density at radius 2 is 2.04 bits per heavy atom. The molecule has 28 heavy (non-hydrogen) atoms. The first-order chi connectivity index (χ1) is 13.7. The molecule has 0 atom stereocenters. The fourth-order valence-corrected chi connectivity index (χ4v) is 3.89. The second-order valence-electron chi connectivity index (χ2n) is 6.73. The number of ether oxygens (including phenoxy) is 1. The van der Waals surface area contributed by atoms with E-state index < -0.39 is 5.97 Å². The van der Waals surface area contributed by atoms with Crippen molar-refractivity contribution in [2.24, 2.45) is 0 Å². The zero-order chi connectivity index (χ0) is 19.1. The van der Waals surface area contributed by atoms with Crippen molar-refractivity contribution < 1.29 is 18.4 Å². The maximum absolute atomic E-state index is 12.5. The lowest BCUT2D eigenvalue weighted by Gasteiger charge is -2.10. The first-order valence-corrected chi connectivity index (χ1v) is 9.85. The van der Waals surface area contributed by atoms with Crippen LogP contribution in [-0.4, -0.2) is 21.2 Å². The Bertz CT molecular complexity index is 1170. The number of halogens is 1. The fraction of sp³-hybridized carbons (Fsp3) is 0.250. The first kappa shape index (κ1) is 17.2. The molecule has 4 aromatic rings. The Hall–Kier alpha value is -2.87. The van der Waals surface area contributed by atoms with Crippen LogP contribution in [0.3, 0.4) is 0 Å². The molecule has 1 aromatic carbocycles. The molecule has 0 aliphatic heterocycles. The van der Waals surface area contributed by atoms with E-state index >= 15 is 0 Å². The van der Waals surface area contributed by atoms with Crippen LogP contribution in [0.1, 0.15) is 40.3 Å². The highest BCUT2D eigenvalue weighted by atomic mass is 79.9. The van der Waals surface area contributed by atoms with Gasteiger partial charge in [0, 0.05) is 16.6 Å². The number of esters is 1. The maximum Gasteiger partial charge on any atom is 0.338 e. The molecule has 3 aromatic heterocycles. The van der Waals surface area contributed by atoms with Gasteiger partial charge in [0.15, 0.2) is 17.0 Å². The lowest BCUT2D eigenvalue weighted by molar-refractivity contribution is 0.0439. The topological polar surface area (TPSA) is 94.2 Å². The van der Waals surface area contributed by atoms with E-state index in [0.717, 1.165) is 23.7 Å². The van der Waals surface area contributed by atoms with Gasteiger partial charge in [0.2, 0.25) is 0 Å². The van der Waals surface area contributed by atoms with Crippen molar-refractivity contribution in [2.75, 3.05) is 0 Å². The molecule has 8 heteroatoms. The minimum absolute atomic E-state index is 0.100. The number of carbonyl (C=O) groups is 1. The third-order valence-corrected chi connectivity index (χ3v) is 5.34. The molecule has 0 fully saturated rings. The van der Waals surface area contributed by atoms with Gasteiger partial charge >= 0.3 is 5.97 Å². The summed E-state index contributed by atoms with van der Waals surface area (Å²) < 4.78 is 16.8. The van der Waals surface area contributed by atoms with E-state index in [9.17, 15) is 4.79 Å². The molecule has 0 saturated heterocycles. The van der Waals surface area contributed by atoms with Crippen LogP contribution < -0.4 is 0 Å². The second-order valence-corrected chi connectivity index (χ2v) is 7.51. The quantitative estimate of drug-likeness (QED) is 0.456. The lowest BCUT2D eigenvalue weighted by Crippen LogP contribution is -2.05. The van der Waals surface area contributed by atoms with Crippen molar-refractivity contribution in [1.29, 1.82) is 0 Å². The summed E-state index contributed by atoms with van der Waals surface area (Å²) in [6.45, 7) is -0.100. The molecule has 3 heterocycles. The molecule has 142 valence electrons. The molecule has 1 N–H and O–H groups in total. The molecular formula is C20H16BrN3O4. The molecule has 5 rings (SSSR count). The summed E-state index contributed by atoms with van der Waals surface area (Å²) in [6, 6.07) is 9.04. The Kier molecular flexibility index (Phi) is 4.27. The van der Waals surface area contributed by atoms with Crippen LogP contribution >= 0.6 is 15.9 Å². The number of rotatable bonds is 4. The second kappa shape index (κ2) is 6.94. The number of fused-ring (bicyclic) bond motifs is 3. The summed E-state index contributed by atoms with van der Waals surface area (Å²) in [7, 11) is 0. The van der Waals surface area contributed by atoms with Gasteiger partial charge in [-0.05, 0) is 77.5 Å². The van der Waals surface area contributed by atoms with Gasteiger partial charge in [-0.15, -0.1) is 10.2 Å². The van der Waals surface area contributed by atoms with Gasteiger partial charge < -0.3 is 18.6 Å².